The van der Waals surface area contributed by atoms with Crippen LogP contribution in [0.2, 0.25) is 0 Å². The van der Waals surface area contributed by atoms with Gasteiger partial charge < -0.3 is 28.8 Å². The molecule has 0 aliphatic heterocycles. The van der Waals surface area contributed by atoms with Crippen LogP contribution in [0.1, 0.15) is 251 Å². The highest BCUT2D eigenvalue weighted by Crippen LogP contribution is 2.38. The maximum atomic E-state index is 12.8. The Labute approximate surface area is 391 Å². The molecule has 0 radical (unpaired) electrons. The number of amides is 1. The Morgan fingerprint density at radius 1 is 0.540 bits per heavy atom. The van der Waals surface area contributed by atoms with Crippen molar-refractivity contribution in [3.63, 3.8) is 0 Å². The monoisotopic (exact) mass is 909 g/mol. The maximum absolute atomic E-state index is 12.8. The minimum atomic E-state index is -4.60. The van der Waals surface area contributed by atoms with Crippen molar-refractivity contribution in [3.05, 3.63) is 36.5 Å². The van der Waals surface area contributed by atoms with Crippen LogP contribution in [0.5, 0.6) is 0 Å². The Morgan fingerprint density at radius 3 is 1.29 bits per heavy atom. The molecule has 3 atom stereocenters. The number of phosphoric acid groups is 1. The zero-order valence-electron chi connectivity index (χ0n) is 42.3. The van der Waals surface area contributed by atoms with Crippen LogP contribution in [0.4, 0.5) is 0 Å². The summed E-state index contributed by atoms with van der Waals surface area (Å²) in [5, 5.41) is 13.8. The van der Waals surface area contributed by atoms with Crippen molar-refractivity contribution in [2.24, 2.45) is 0 Å². The van der Waals surface area contributed by atoms with Crippen molar-refractivity contribution in [2.75, 3.05) is 40.9 Å². The zero-order valence-corrected chi connectivity index (χ0v) is 43.2. The van der Waals surface area contributed by atoms with Gasteiger partial charge in [0.25, 0.3) is 7.82 Å². The third-order valence-corrected chi connectivity index (χ3v) is 13.0. The van der Waals surface area contributed by atoms with E-state index in [-0.39, 0.29) is 12.5 Å². The van der Waals surface area contributed by atoms with Crippen LogP contribution in [0.15, 0.2) is 36.5 Å². The molecule has 0 aromatic rings. The summed E-state index contributed by atoms with van der Waals surface area (Å²) >= 11 is 0. The number of nitrogens with zero attached hydrogens (tertiary/aromatic N) is 1. The van der Waals surface area contributed by atoms with Gasteiger partial charge >= 0.3 is 0 Å². The molecule has 1 amide bonds. The zero-order chi connectivity index (χ0) is 46.4. The van der Waals surface area contributed by atoms with E-state index in [1.807, 2.05) is 27.2 Å². The van der Waals surface area contributed by atoms with Crippen LogP contribution >= 0.6 is 7.82 Å². The van der Waals surface area contributed by atoms with E-state index in [1.165, 1.54) is 186 Å². The number of aliphatic hydroxyl groups excluding tert-OH is 1. The molecule has 0 saturated carbocycles. The summed E-state index contributed by atoms with van der Waals surface area (Å²) in [6, 6.07) is -0.905. The van der Waals surface area contributed by atoms with Crippen molar-refractivity contribution in [1.29, 1.82) is 0 Å². The average molecular weight is 909 g/mol. The number of aliphatic hydroxyl groups is 1. The van der Waals surface area contributed by atoms with E-state index in [0.29, 0.717) is 17.4 Å². The number of allylic oxidation sites excluding steroid dienone is 5. The molecule has 0 heterocycles. The molecule has 2 N–H and O–H groups in total. The highest BCUT2D eigenvalue weighted by atomic mass is 31.2. The minimum absolute atomic E-state index is 0.00807. The predicted molar refractivity (Wildman–Crippen MR) is 270 cm³/mol. The molecule has 372 valence electrons. The van der Waals surface area contributed by atoms with Crippen LogP contribution in [-0.2, 0) is 18.4 Å². The summed E-state index contributed by atoms with van der Waals surface area (Å²) in [5.41, 5.74) is 0. The minimum Gasteiger partial charge on any atom is -0.756 e. The van der Waals surface area contributed by atoms with Crippen LogP contribution in [0.25, 0.3) is 0 Å². The van der Waals surface area contributed by atoms with E-state index in [0.717, 1.165) is 44.9 Å². The second kappa shape index (κ2) is 45.9. The number of quaternary nitrogens is 1. The lowest BCUT2D eigenvalue weighted by molar-refractivity contribution is -0.870. The summed E-state index contributed by atoms with van der Waals surface area (Å²) in [4.78, 5) is 25.2. The number of nitrogens with one attached hydrogen (secondary N) is 1. The standard InChI is InChI=1S/C54H105N2O6P/c1-6-8-10-12-14-16-17-18-19-20-21-22-23-24-25-26-27-28-29-30-31-32-33-34-35-36-37-38-40-41-43-45-47-53(57)52(51-62-63(59,60)61-50-49-56(3,4)5)55-54(58)48-46-44-42-39-15-13-11-9-7-2/h34-35,38,40,45,47,52-53,57H,6-33,36-37,39,41-44,46,48-51H2,1-5H3,(H-,55,58,59,60)/b35-34+,40-38+,47-45+. The highest BCUT2D eigenvalue weighted by Gasteiger charge is 2.23. The molecule has 3 unspecified atom stereocenters. The van der Waals surface area contributed by atoms with Gasteiger partial charge in [0.2, 0.25) is 5.91 Å². The number of hydrogen-bond acceptors (Lipinski definition) is 6. The molecule has 0 rings (SSSR count). The first kappa shape index (κ1) is 61.7. The summed E-state index contributed by atoms with van der Waals surface area (Å²) in [6.45, 7) is 4.60. The van der Waals surface area contributed by atoms with Crippen molar-refractivity contribution in [2.45, 2.75) is 264 Å². The Hall–Kier alpha value is -1.28. The van der Waals surface area contributed by atoms with Crippen LogP contribution < -0.4 is 10.2 Å². The first-order valence-corrected chi connectivity index (χ1v) is 28.3. The molecule has 0 aliphatic rings. The summed E-state index contributed by atoms with van der Waals surface area (Å²) in [5.74, 6) is -0.214. The highest BCUT2D eigenvalue weighted by molar-refractivity contribution is 7.45. The SMILES string of the molecule is CCCCCCCCCCCCCCCCCCCCCCCC/C=C/CC/C=C/CC/C=C/C(O)C(COP(=O)([O-])OCC[N+](C)(C)C)NC(=O)CCCCCCCCCCC. The van der Waals surface area contributed by atoms with E-state index >= 15 is 0 Å². The van der Waals surface area contributed by atoms with E-state index in [1.54, 1.807) is 6.08 Å². The smallest absolute Gasteiger partial charge is 0.268 e. The summed E-state index contributed by atoms with van der Waals surface area (Å²) in [7, 11) is 1.24. The van der Waals surface area contributed by atoms with Gasteiger partial charge in [0.1, 0.15) is 13.2 Å². The lowest BCUT2D eigenvalue weighted by Crippen LogP contribution is -2.45. The average Bonchev–Trinajstić information content (AvgIpc) is 3.24. The van der Waals surface area contributed by atoms with E-state index in [4.69, 9.17) is 9.05 Å². The van der Waals surface area contributed by atoms with Gasteiger partial charge in [-0.05, 0) is 44.9 Å². The molecule has 9 heteroatoms. The fourth-order valence-electron chi connectivity index (χ4n) is 7.83. The third kappa shape index (κ3) is 48.5. The molecule has 0 aromatic heterocycles. The van der Waals surface area contributed by atoms with Gasteiger partial charge in [0.05, 0.1) is 39.9 Å². The van der Waals surface area contributed by atoms with Crippen LogP contribution in [0.3, 0.4) is 0 Å². The normalized spacial score (nSPS) is 14.3. The van der Waals surface area contributed by atoms with Gasteiger partial charge in [-0.3, -0.25) is 9.36 Å². The van der Waals surface area contributed by atoms with Crippen LogP contribution in [0, 0.1) is 0 Å². The Morgan fingerprint density at radius 2 is 0.889 bits per heavy atom. The number of carbonyl (C=O) groups is 1. The van der Waals surface area contributed by atoms with Crippen molar-refractivity contribution in [3.8, 4) is 0 Å². The van der Waals surface area contributed by atoms with Crippen molar-refractivity contribution >= 4 is 13.7 Å². The fraction of sp³-hybridized carbons (Fsp3) is 0.870. The maximum Gasteiger partial charge on any atom is 0.268 e. The third-order valence-electron chi connectivity index (χ3n) is 12.1. The molecular formula is C54H105N2O6P. The van der Waals surface area contributed by atoms with Crippen LogP contribution in [-0.4, -0.2) is 68.5 Å². The second-order valence-electron chi connectivity index (χ2n) is 19.6. The molecular weight excluding hydrogens is 804 g/mol. The topological polar surface area (TPSA) is 108 Å². The molecule has 0 saturated heterocycles. The Kier molecular flexibility index (Phi) is 44.9. The first-order valence-electron chi connectivity index (χ1n) is 26.9. The lowest BCUT2D eigenvalue weighted by Gasteiger charge is -2.29. The van der Waals surface area contributed by atoms with E-state index in [9.17, 15) is 19.4 Å². The number of unbranched alkanes of at least 4 members (excludes halogenated alkanes) is 32. The molecule has 0 aliphatic carbocycles. The molecule has 0 bridgehead atoms. The Balaban J connectivity index is 4.09. The van der Waals surface area contributed by atoms with Crippen molar-refractivity contribution < 1.29 is 32.9 Å². The number of carbonyl (C=O) groups excluding carboxylic acids is 1. The quantitative estimate of drug-likeness (QED) is 0.0272. The summed E-state index contributed by atoms with van der Waals surface area (Å²) in [6.07, 6.45) is 58.3. The molecule has 0 spiro atoms. The molecule has 8 nitrogen and oxygen atoms in total. The molecule has 0 fully saturated rings. The lowest BCUT2D eigenvalue weighted by atomic mass is 10.0. The van der Waals surface area contributed by atoms with Gasteiger partial charge in [0.15, 0.2) is 0 Å². The largest absolute Gasteiger partial charge is 0.756 e. The van der Waals surface area contributed by atoms with Gasteiger partial charge in [0, 0.05) is 6.42 Å². The van der Waals surface area contributed by atoms with Gasteiger partial charge in [-0.2, -0.15) is 0 Å². The summed E-state index contributed by atoms with van der Waals surface area (Å²) < 4.78 is 23.2. The number of rotatable bonds is 49. The van der Waals surface area contributed by atoms with E-state index < -0.39 is 26.6 Å². The number of hydrogen-bond donors (Lipinski definition) is 2. The van der Waals surface area contributed by atoms with Gasteiger partial charge in [-0.15, -0.1) is 0 Å². The fourth-order valence-corrected chi connectivity index (χ4v) is 8.56. The Bertz CT molecular complexity index is 1120. The predicted octanol–water partition coefficient (Wildman–Crippen LogP) is 15.2. The molecule has 63 heavy (non-hydrogen) atoms. The number of likely N-dealkylation sites (N-methyl/N-ethyl adjacent to an activating group) is 1. The number of phosphoric ester groups is 1. The first-order chi connectivity index (χ1) is 30.5. The van der Waals surface area contributed by atoms with Gasteiger partial charge in [-0.25, -0.2) is 0 Å². The van der Waals surface area contributed by atoms with Crippen molar-refractivity contribution in [1.82, 2.24) is 5.32 Å². The van der Waals surface area contributed by atoms with E-state index in [2.05, 4.69) is 43.5 Å². The second-order valence-corrected chi connectivity index (χ2v) is 21.0. The molecule has 0 aromatic carbocycles. The van der Waals surface area contributed by atoms with Gasteiger partial charge in [-0.1, -0.05) is 237 Å².